The summed E-state index contributed by atoms with van der Waals surface area (Å²) in [7, 11) is 0. The maximum atomic E-state index is 12.0. The van der Waals surface area contributed by atoms with Crippen LogP contribution in [0.1, 0.15) is 32.1 Å². The highest BCUT2D eigenvalue weighted by Crippen LogP contribution is 2.37. The van der Waals surface area contributed by atoms with E-state index in [2.05, 4.69) is 5.32 Å². The molecule has 112 valence electrons. The first kappa shape index (κ1) is 14.6. The molecule has 1 saturated heterocycles. The topological polar surface area (TPSA) is 107 Å². The molecule has 0 aromatic rings. The zero-order valence-electron chi connectivity index (χ0n) is 11.2. The van der Waals surface area contributed by atoms with Crippen LogP contribution in [0.5, 0.6) is 0 Å². The summed E-state index contributed by atoms with van der Waals surface area (Å²) in [5.74, 6) is -1.17. The van der Waals surface area contributed by atoms with E-state index < -0.39 is 24.0 Å². The van der Waals surface area contributed by atoms with Gasteiger partial charge in [-0.25, -0.2) is 9.59 Å². The van der Waals surface area contributed by atoms with Crippen LogP contribution in [0.4, 0.5) is 4.79 Å². The Kier molecular flexibility index (Phi) is 4.46. The fraction of sp³-hybridized carbons (Fsp3) is 0.769. The van der Waals surface area contributed by atoms with Gasteiger partial charge in [0.2, 0.25) is 0 Å². The molecule has 2 aliphatic rings. The fourth-order valence-corrected chi connectivity index (χ4v) is 3.17. The zero-order chi connectivity index (χ0) is 14.7. The molecule has 3 unspecified atom stereocenters. The molecular formula is C13H20N2O5. The molecule has 1 heterocycles. The monoisotopic (exact) mass is 284 g/mol. The molecule has 0 aromatic heterocycles. The number of carbonyl (C=O) groups excluding carboxylic acids is 1. The highest BCUT2D eigenvalue weighted by atomic mass is 16.4. The Labute approximate surface area is 116 Å². The lowest BCUT2D eigenvalue weighted by molar-refractivity contribution is -0.140. The smallest absolute Gasteiger partial charge is 0.326 e. The molecule has 0 bridgehead atoms. The van der Waals surface area contributed by atoms with Gasteiger partial charge in [-0.05, 0) is 31.1 Å². The van der Waals surface area contributed by atoms with Gasteiger partial charge in [0.25, 0.3) is 0 Å². The molecule has 1 aliphatic heterocycles. The van der Waals surface area contributed by atoms with Crippen LogP contribution in [0.15, 0.2) is 0 Å². The molecule has 1 saturated carbocycles. The van der Waals surface area contributed by atoms with Crippen LogP contribution in [0.2, 0.25) is 0 Å². The second-order valence-electron chi connectivity index (χ2n) is 5.63. The normalized spacial score (nSPS) is 26.1. The summed E-state index contributed by atoms with van der Waals surface area (Å²) in [6.07, 6.45) is 3.10. The molecule has 3 atom stereocenters. The van der Waals surface area contributed by atoms with Crippen LogP contribution in [-0.2, 0) is 9.59 Å². The Bertz CT molecular complexity index is 400. The number of nitrogens with zero attached hydrogens (tertiary/aromatic N) is 1. The highest BCUT2D eigenvalue weighted by Gasteiger charge is 2.38. The fourth-order valence-electron chi connectivity index (χ4n) is 3.17. The summed E-state index contributed by atoms with van der Waals surface area (Å²) in [6.45, 7) is 1.36. The van der Waals surface area contributed by atoms with E-state index in [9.17, 15) is 14.4 Å². The summed E-state index contributed by atoms with van der Waals surface area (Å²) in [5, 5.41) is 20.0. The minimum atomic E-state index is -1.20. The number of fused-ring (bicyclic) bond motifs is 1. The standard InChI is InChI=1S/C13H20N2O5/c16-11(17)5-4-10(12(18)19)14-13(20)15-6-8-2-1-3-9(8)7-15/h8-10H,1-7H2,(H,14,20)(H,16,17)(H,18,19). The first-order valence-corrected chi connectivity index (χ1v) is 6.97. The van der Waals surface area contributed by atoms with Crippen LogP contribution in [0.25, 0.3) is 0 Å². The maximum absolute atomic E-state index is 12.0. The number of carbonyl (C=O) groups is 3. The Morgan fingerprint density at radius 1 is 1.15 bits per heavy atom. The number of hydrogen-bond donors (Lipinski definition) is 3. The molecule has 3 N–H and O–H groups in total. The van der Waals surface area contributed by atoms with Crippen molar-refractivity contribution in [1.82, 2.24) is 10.2 Å². The lowest BCUT2D eigenvalue weighted by Gasteiger charge is -2.21. The van der Waals surface area contributed by atoms with Gasteiger partial charge in [-0.15, -0.1) is 0 Å². The van der Waals surface area contributed by atoms with Gasteiger partial charge in [-0.1, -0.05) is 6.42 Å². The van der Waals surface area contributed by atoms with E-state index in [0.29, 0.717) is 24.9 Å². The second kappa shape index (κ2) is 6.11. The van der Waals surface area contributed by atoms with Crippen molar-refractivity contribution in [2.45, 2.75) is 38.1 Å². The average Bonchev–Trinajstić information content (AvgIpc) is 2.93. The lowest BCUT2D eigenvalue weighted by atomic mass is 10.0. The van der Waals surface area contributed by atoms with E-state index in [1.54, 1.807) is 4.90 Å². The first-order chi connectivity index (χ1) is 9.47. The highest BCUT2D eigenvalue weighted by molar-refractivity contribution is 5.83. The second-order valence-corrected chi connectivity index (χ2v) is 5.63. The van der Waals surface area contributed by atoms with Crippen molar-refractivity contribution >= 4 is 18.0 Å². The van der Waals surface area contributed by atoms with Gasteiger partial charge in [0.15, 0.2) is 0 Å². The van der Waals surface area contributed by atoms with E-state index in [4.69, 9.17) is 10.2 Å². The van der Waals surface area contributed by atoms with Crippen LogP contribution < -0.4 is 5.32 Å². The van der Waals surface area contributed by atoms with Crippen molar-refractivity contribution in [2.24, 2.45) is 11.8 Å². The molecule has 1 aliphatic carbocycles. The van der Waals surface area contributed by atoms with Crippen molar-refractivity contribution in [2.75, 3.05) is 13.1 Å². The number of nitrogens with one attached hydrogen (secondary N) is 1. The molecule has 20 heavy (non-hydrogen) atoms. The number of aliphatic carboxylic acids is 2. The van der Waals surface area contributed by atoms with Crippen molar-refractivity contribution in [3.63, 3.8) is 0 Å². The summed E-state index contributed by atoms with van der Waals surface area (Å²) >= 11 is 0. The number of urea groups is 1. The zero-order valence-corrected chi connectivity index (χ0v) is 11.2. The van der Waals surface area contributed by atoms with E-state index in [1.165, 1.54) is 6.42 Å². The molecule has 0 radical (unpaired) electrons. The number of rotatable bonds is 5. The number of likely N-dealkylation sites (tertiary alicyclic amines) is 1. The van der Waals surface area contributed by atoms with Gasteiger partial charge < -0.3 is 20.4 Å². The first-order valence-electron chi connectivity index (χ1n) is 6.97. The van der Waals surface area contributed by atoms with E-state index in [-0.39, 0.29) is 12.8 Å². The van der Waals surface area contributed by atoms with Crippen molar-refractivity contribution in [3.8, 4) is 0 Å². The number of hydrogen-bond acceptors (Lipinski definition) is 3. The van der Waals surface area contributed by atoms with Gasteiger partial charge in [-0.2, -0.15) is 0 Å². The molecule has 2 rings (SSSR count). The van der Waals surface area contributed by atoms with Gasteiger partial charge in [0.1, 0.15) is 6.04 Å². The molecule has 0 aromatic carbocycles. The van der Waals surface area contributed by atoms with Gasteiger partial charge in [0, 0.05) is 19.5 Å². The van der Waals surface area contributed by atoms with Gasteiger partial charge >= 0.3 is 18.0 Å². The van der Waals surface area contributed by atoms with Crippen LogP contribution in [0, 0.1) is 11.8 Å². The predicted molar refractivity (Wildman–Crippen MR) is 69.2 cm³/mol. The molecule has 7 nitrogen and oxygen atoms in total. The van der Waals surface area contributed by atoms with Crippen LogP contribution in [-0.4, -0.2) is 52.2 Å². The Balaban J connectivity index is 1.85. The van der Waals surface area contributed by atoms with Crippen molar-refractivity contribution in [1.29, 1.82) is 0 Å². The average molecular weight is 284 g/mol. The minimum Gasteiger partial charge on any atom is -0.481 e. The van der Waals surface area contributed by atoms with Crippen molar-refractivity contribution < 1.29 is 24.6 Å². The maximum Gasteiger partial charge on any atom is 0.326 e. The van der Waals surface area contributed by atoms with Gasteiger partial charge in [-0.3, -0.25) is 4.79 Å². The van der Waals surface area contributed by atoms with Crippen LogP contribution >= 0.6 is 0 Å². The molecule has 7 heteroatoms. The molecule has 0 spiro atoms. The minimum absolute atomic E-state index is 0.100. The van der Waals surface area contributed by atoms with E-state index in [0.717, 1.165) is 12.8 Å². The molecule has 2 amide bonds. The number of amides is 2. The van der Waals surface area contributed by atoms with Crippen LogP contribution in [0.3, 0.4) is 0 Å². The lowest BCUT2D eigenvalue weighted by Crippen LogP contribution is -2.47. The predicted octanol–water partition coefficient (Wildman–Crippen LogP) is 0.746. The Hall–Kier alpha value is -1.79. The number of carboxylic acids is 2. The largest absolute Gasteiger partial charge is 0.481 e. The molecule has 2 fully saturated rings. The Morgan fingerprint density at radius 2 is 1.75 bits per heavy atom. The third-order valence-corrected chi connectivity index (χ3v) is 4.26. The summed E-state index contributed by atoms with van der Waals surface area (Å²) < 4.78 is 0. The SMILES string of the molecule is O=C(O)CCC(NC(=O)N1CC2CCCC2C1)C(=O)O. The summed E-state index contributed by atoms with van der Waals surface area (Å²) in [5.41, 5.74) is 0. The Morgan fingerprint density at radius 3 is 2.25 bits per heavy atom. The number of carboxylic acid groups (broad SMARTS) is 2. The quantitative estimate of drug-likeness (QED) is 0.690. The summed E-state index contributed by atoms with van der Waals surface area (Å²) in [6, 6.07) is -1.53. The molecular weight excluding hydrogens is 264 g/mol. The summed E-state index contributed by atoms with van der Waals surface area (Å²) in [4.78, 5) is 35.2. The third kappa shape index (κ3) is 3.40. The third-order valence-electron chi connectivity index (χ3n) is 4.26. The van der Waals surface area contributed by atoms with E-state index >= 15 is 0 Å². The van der Waals surface area contributed by atoms with Crippen molar-refractivity contribution in [3.05, 3.63) is 0 Å². The van der Waals surface area contributed by atoms with Gasteiger partial charge in [0.05, 0.1) is 0 Å². The van der Waals surface area contributed by atoms with E-state index in [1.807, 2.05) is 0 Å².